The van der Waals surface area contributed by atoms with Gasteiger partial charge < -0.3 is 78.9 Å². The Morgan fingerprint density at radius 1 is 1.02 bits per heavy atom. The third-order valence-electron chi connectivity index (χ3n) is 7.49. The molecule has 31 heteroatoms. The van der Waals surface area contributed by atoms with E-state index in [2.05, 4.69) is 43.5 Å². The first kappa shape index (κ1) is 48.1. The highest BCUT2D eigenvalue weighted by Gasteiger charge is 2.47. The molecule has 0 bridgehead atoms. The summed E-state index contributed by atoms with van der Waals surface area (Å²) >= 11 is 0.555. The average molecular weight is 891 g/mol. The Morgan fingerprint density at radius 3 is 2.33 bits per heavy atom. The van der Waals surface area contributed by atoms with Crippen molar-refractivity contribution >= 4 is 80.9 Å². The van der Waals surface area contributed by atoms with Gasteiger partial charge in [0.2, 0.25) is 17.6 Å². The molecule has 0 aliphatic carbocycles. The fraction of sp³-hybridized carbons (Fsp3) is 0.615. The van der Waals surface area contributed by atoms with Crippen molar-refractivity contribution in [3.05, 3.63) is 12.7 Å². The second kappa shape index (κ2) is 20.1. The van der Waals surface area contributed by atoms with Crippen molar-refractivity contribution in [2.24, 2.45) is 5.41 Å². The molecule has 2 aromatic heterocycles. The third-order valence-corrected chi connectivity index (χ3v) is 11.4. The Kier molecular flexibility index (Phi) is 17.0. The van der Waals surface area contributed by atoms with Gasteiger partial charge in [-0.15, -0.1) is 0 Å². The number of aliphatic carboxylic acids is 1. The molecule has 1 saturated heterocycles. The van der Waals surface area contributed by atoms with Crippen molar-refractivity contribution < 1.29 is 95.2 Å². The molecule has 0 aromatic carbocycles. The van der Waals surface area contributed by atoms with Crippen molar-refractivity contribution in [3.63, 3.8) is 0 Å². The number of aliphatic hydroxyl groups is 2. The van der Waals surface area contributed by atoms with E-state index in [1.807, 2.05) is 0 Å². The predicted octanol–water partition coefficient (Wildman–Crippen LogP) is -5.76. The predicted molar refractivity (Wildman–Crippen MR) is 177 cm³/mol. The van der Waals surface area contributed by atoms with Gasteiger partial charge in [-0.05, 0) is 6.42 Å². The number of nitrogens with one attached hydrogen (secondary N) is 2. The number of nitrogens with two attached hydrogens (primary N) is 1. The number of nitrogens with zero attached hydrogens (tertiary/aromatic N) is 4. The van der Waals surface area contributed by atoms with Gasteiger partial charge in [-0.25, -0.2) is 19.3 Å². The molecule has 2 amide bonds. The lowest BCUT2D eigenvalue weighted by Gasteiger charge is -2.36. The van der Waals surface area contributed by atoms with E-state index in [9.17, 15) is 72.6 Å². The van der Waals surface area contributed by atoms with Crippen LogP contribution in [0.4, 0.5) is 5.82 Å². The van der Waals surface area contributed by atoms with Gasteiger partial charge in [-0.1, -0.05) is 25.6 Å². The van der Waals surface area contributed by atoms with Crippen LogP contribution in [-0.4, -0.2) is 115 Å². The number of phosphoric ester groups is 3. The van der Waals surface area contributed by atoms with Crippen LogP contribution in [-0.2, 0) is 60.3 Å². The number of hydrogen-bond acceptors (Lipinski definition) is 25. The number of nitrogen functional groups attached to an aromatic ring is 1. The number of ketones is 1. The Hall–Kier alpha value is -3.30. The number of aliphatic hydroxyl groups excluding tert-OH is 2. The largest absolute Gasteiger partial charge is 0.790 e. The fourth-order valence-electron chi connectivity index (χ4n) is 4.65. The first-order chi connectivity index (χ1) is 26.3. The van der Waals surface area contributed by atoms with Gasteiger partial charge in [0.15, 0.2) is 17.7 Å². The summed E-state index contributed by atoms with van der Waals surface area (Å²) in [6.45, 7) is -0.457. The quantitative estimate of drug-likeness (QED) is 0.0394. The van der Waals surface area contributed by atoms with Crippen LogP contribution in [0.1, 0.15) is 39.3 Å². The maximum atomic E-state index is 12.5. The summed E-state index contributed by atoms with van der Waals surface area (Å²) in [6, 6.07) is 0. The van der Waals surface area contributed by atoms with Gasteiger partial charge in [-0.2, -0.15) is 0 Å². The summed E-state index contributed by atoms with van der Waals surface area (Å²) in [5.74, 6) is -4.24. The summed E-state index contributed by atoms with van der Waals surface area (Å²) in [5, 5.41) is 35.3. The molecule has 3 heterocycles. The number of thioether (sulfide) groups is 1. The van der Waals surface area contributed by atoms with Crippen LogP contribution in [0.5, 0.6) is 0 Å². The van der Waals surface area contributed by atoms with Crippen molar-refractivity contribution in [1.82, 2.24) is 30.2 Å². The number of Topliss-reactive ketones (excluding diaryl/α,β-unsaturated/α-hetero) is 1. The van der Waals surface area contributed by atoms with E-state index < -0.39 is 114 Å². The van der Waals surface area contributed by atoms with Crippen LogP contribution in [0, 0.1) is 5.41 Å². The van der Waals surface area contributed by atoms with Gasteiger partial charge >= 0.3 is 0 Å². The van der Waals surface area contributed by atoms with E-state index in [4.69, 9.17) is 10.5 Å². The maximum Gasteiger partial charge on any atom is 0.274 e. The third kappa shape index (κ3) is 14.8. The van der Waals surface area contributed by atoms with Crippen molar-refractivity contribution in [1.29, 1.82) is 0 Å². The molecule has 1 fully saturated rings. The number of hydrogen-bond donors (Lipinski definition) is 5. The monoisotopic (exact) mass is 890 g/mol. The van der Waals surface area contributed by atoms with E-state index in [0.29, 0.717) is 11.8 Å². The van der Waals surface area contributed by atoms with Crippen LogP contribution >= 0.6 is 35.2 Å². The number of anilines is 1. The smallest absolute Gasteiger partial charge is 0.274 e. The molecule has 1 aliphatic rings. The maximum absolute atomic E-state index is 12.5. The minimum Gasteiger partial charge on any atom is -0.790 e. The molecule has 7 atom stereocenters. The highest BCUT2D eigenvalue weighted by molar-refractivity contribution is 8.15. The molecule has 57 heavy (non-hydrogen) atoms. The first-order valence-electron chi connectivity index (χ1n) is 16.0. The van der Waals surface area contributed by atoms with Crippen molar-refractivity contribution in [2.75, 3.05) is 37.8 Å². The standard InChI is InChI=1S/C26H40N7O20P3S/c1-26(2,20(39)23(40)29-6-5-15(35)28-7-8-57-25(41)13(34)3-4-16(36)37)10-50-56(47,48)53-55(45,46)49-9-14-19(52-54(42,43)44)18(38)24(51-14)33-12-32-17-21(27)30-11-31-22(17)33/h11-12,14,18-20,24,38-39H,3-10H2,1-2H3,(H,28,35)(H,29,40)(H,36,37)(H,45,46)(H,47,48)(H2,27,30,31)(H2,42,43,44)/p-5/t14-,18-,19-,20+,24-/m1/s1. The number of carbonyl (C=O) groups is 5. The van der Waals surface area contributed by atoms with E-state index in [1.165, 1.54) is 0 Å². The lowest BCUT2D eigenvalue weighted by molar-refractivity contribution is -0.347. The number of fused-ring (bicyclic) bond motifs is 1. The molecule has 0 spiro atoms. The summed E-state index contributed by atoms with van der Waals surface area (Å²) in [5.41, 5.74) is 3.96. The number of carboxylic acids is 1. The number of ether oxygens (including phenoxy) is 1. The summed E-state index contributed by atoms with van der Waals surface area (Å²) in [6.07, 6.45) is -9.05. The fourth-order valence-corrected chi connectivity index (χ4v) is 8.04. The minimum absolute atomic E-state index is 0.0237. The zero-order valence-corrected chi connectivity index (χ0v) is 33.1. The van der Waals surface area contributed by atoms with Crippen molar-refractivity contribution in [3.8, 4) is 0 Å². The van der Waals surface area contributed by atoms with E-state index in [0.717, 1.165) is 31.1 Å². The van der Waals surface area contributed by atoms with Crippen LogP contribution < -0.4 is 41.0 Å². The molecule has 2 unspecified atom stereocenters. The Bertz CT molecular complexity index is 1950. The highest BCUT2D eigenvalue weighted by atomic mass is 32.2. The van der Waals surface area contributed by atoms with Crippen molar-refractivity contribution in [2.45, 2.75) is 63.8 Å². The minimum atomic E-state index is -5.95. The number of amides is 2. The summed E-state index contributed by atoms with van der Waals surface area (Å²) in [7, 11) is -17.7. The lowest BCUT2D eigenvalue weighted by atomic mass is 9.87. The van der Waals surface area contributed by atoms with Gasteiger partial charge in [0.1, 0.15) is 36.3 Å². The van der Waals surface area contributed by atoms with E-state index in [1.54, 1.807) is 0 Å². The Morgan fingerprint density at radius 2 is 1.68 bits per heavy atom. The number of carboxylic acid groups (broad SMARTS) is 1. The second-order valence-electron chi connectivity index (χ2n) is 12.4. The number of aromatic nitrogens is 4. The van der Waals surface area contributed by atoms with Crippen LogP contribution in [0.25, 0.3) is 11.2 Å². The second-order valence-corrected chi connectivity index (χ2v) is 17.5. The van der Waals surface area contributed by atoms with Gasteiger partial charge in [-0.3, -0.25) is 32.9 Å². The molecule has 320 valence electrons. The molecule has 0 radical (unpaired) electrons. The summed E-state index contributed by atoms with van der Waals surface area (Å²) in [4.78, 5) is 117. The van der Waals surface area contributed by atoms with Gasteiger partial charge in [0.05, 0.1) is 27.4 Å². The van der Waals surface area contributed by atoms with E-state index >= 15 is 0 Å². The average Bonchev–Trinajstić information content (AvgIpc) is 3.66. The number of carbonyl (C=O) groups excluding carboxylic acids is 5. The molecular weight excluding hydrogens is 855 g/mol. The molecule has 3 rings (SSSR count). The van der Waals surface area contributed by atoms with Gasteiger partial charge in [0, 0.05) is 43.1 Å². The number of phosphoric acid groups is 3. The Balaban J connectivity index is 1.47. The summed E-state index contributed by atoms with van der Waals surface area (Å²) < 4.78 is 60.3. The molecule has 2 aromatic rings. The topological polar surface area (TPSA) is 432 Å². The van der Waals surface area contributed by atoms with Crippen LogP contribution in [0.15, 0.2) is 12.7 Å². The molecule has 0 saturated carbocycles. The zero-order chi connectivity index (χ0) is 42.9. The number of rotatable bonds is 23. The van der Waals surface area contributed by atoms with E-state index in [-0.39, 0.29) is 42.2 Å². The molecule has 1 aliphatic heterocycles. The lowest BCUT2D eigenvalue weighted by Crippen LogP contribution is -2.46. The normalized spacial score (nSPS) is 21.3. The number of imidazole rings is 1. The van der Waals surface area contributed by atoms with Crippen LogP contribution in [0.2, 0.25) is 0 Å². The zero-order valence-electron chi connectivity index (χ0n) is 29.6. The van der Waals surface area contributed by atoms with Gasteiger partial charge in [0.25, 0.3) is 20.8 Å². The highest BCUT2D eigenvalue weighted by Crippen LogP contribution is 2.56. The van der Waals surface area contributed by atoms with Crippen LogP contribution in [0.3, 0.4) is 0 Å². The molecular formula is C26H35N7O20P3S-5. The molecule has 6 N–H and O–H groups in total. The SMILES string of the molecule is CC(C)(COP(=O)([O-])OP(=O)([O-])OC[C@H]1O[C@@H](n2cnc3c(N)ncnc32)[C@H](O)[C@@H]1OP(=O)([O-])[O-])[C@@H](O)C(=O)NCCC(=O)NCCSC(=O)C(=O)CCC(=O)[O-]. The molecule has 27 nitrogen and oxygen atoms in total. The Labute approximate surface area is 325 Å². The first-order valence-corrected chi connectivity index (χ1v) is 21.4.